The lowest BCUT2D eigenvalue weighted by molar-refractivity contribution is -0.120. The maximum absolute atomic E-state index is 13.1. The highest BCUT2D eigenvalue weighted by Gasteiger charge is 2.21. The molecule has 4 rings (SSSR count). The van der Waals surface area contributed by atoms with Crippen molar-refractivity contribution >= 4 is 32.6 Å². The van der Waals surface area contributed by atoms with Gasteiger partial charge in [-0.3, -0.25) is 14.6 Å². The molecule has 0 atom stereocenters. The number of benzene rings is 2. The third-order valence-corrected chi connectivity index (χ3v) is 6.37. The zero-order chi connectivity index (χ0) is 23.0. The van der Waals surface area contributed by atoms with Crippen LogP contribution in [0.4, 0.5) is 9.52 Å². The van der Waals surface area contributed by atoms with Crippen molar-refractivity contribution in [2.45, 2.75) is 13.3 Å². The Labute approximate surface area is 196 Å². The van der Waals surface area contributed by atoms with Gasteiger partial charge in [-0.05, 0) is 55.8 Å². The molecule has 7 nitrogen and oxygen atoms in total. The number of morpholine rings is 1. The predicted molar refractivity (Wildman–Crippen MR) is 127 cm³/mol. The first-order valence-electron chi connectivity index (χ1n) is 11.1. The van der Waals surface area contributed by atoms with Gasteiger partial charge in [-0.15, -0.1) is 0 Å². The molecule has 2 heterocycles. The smallest absolute Gasteiger partial charge is 0.266 e. The second-order valence-corrected chi connectivity index (χ2v) is 8.66. The molecule has 0 unspecified atom stereocenters. The average molecular weight is 474 g/mol. The van der Waals surface area contributed by atoms with Gasteiger partial charge in [0.05, 0.1) is 30.0 Å². The van der Waals surface area contributed by atoms with Gasteiger partial charge >= 0.3 is 0 Å². The molecular formula is C24H28FN3O4S. The summed E-state index contributed by atoms with van der Waals surface area (Å²) in [7, 11) is 0. The van der Waals surface area contributed by atoms with E-state index in [1.807, 2.05) is 25.1 Å². The minimum Gasteiger partial charge on any atom is -0.494 e. The molecule has 1 amide bonds. The number of fused-ring (bicyclic) bond motifs is 1. The van der Waals surface area contributed by atoms with Crippen LogP contribution >= 0.6 is 11.3 Å². The fraction of sp³-hybridized carbons (Fsp3) is 0.417. The van der Waals surface area contributed by atoms with Crippen LogP contribution in [0.5, 0.6) is 11.5 Å². The summed E-state index contributed by atoms with van der Waals surface area (Å²) in [5, 5.41) is 0.633. The number of carbonyl (C=O) groups excluding carboxylic acids is 1. The summed E-state index contributed by atoms with van der Waals surface area (Å²) >= 11 is 1.46. The molecule has 1 aromatic heterocycles. The molecule has 0 N–H and O–H groups in total. The Balaban J connectivity index is 1.47. The van der Waals surface area contributed by atoms with Crippen LogP contribution in [0.2, 0.25) is 0 Å². The topological polar surface area (TPSA) is 64.1 Å². The van der Waals surface area contributed by atoms with Gasteiger partial charge in [-0.25, -0.2) is 9.37 Å². The van der Waals surface area contributed by atoms with Gasteiger partial charge < -0.3 is 14.2 Å². The van der Waals surface area contributed by atoms with Gasteiger partial charge in [0.2, 0.25) is 0 Å². The fourth-order valence-electron chi connectivity index (χ4n) is 3.62. The van der Waals surface area contributed by atoms with Crippen molar-refractivity contribution in [1.82, 2.24) is 9.88 Å². The molecule has 1 aliphatic rings. The molecule has 176 valence electrons. The quantitative estimate of drug-likeness (QED) is 0.444. The highest BCUT2D eigenvalue weighted by atomic mass is 32.1. The number of amides is 1. The molecule has 2 aromatic carbocycles. The van der Waals surface area contributed by atoms with Crippen LogP contribution < -0.4 is 14.4 Å². The van der Waals surface area contributed by atoms with Crippen molar-refractivity contribution in [1.29, 1.82) is 0 Å². The van der Waals surface area contributed by atoms with Crippen LogP contribution in [0.25, 0.3) is 10.2 Å². The lowest BCUT2D eigenvalue weighted by atomic mass is 10.3. The van der Waals surface area contributed by atoms with Gasteiger partial charge in [0, 0.05) is 26.2 Å². The molecule has 1 fully saturated rings. The van der Waals surface area contributed by atoms with Crippen LogP contribution in [-0.2, 0) is 9.53 Å². The van der Waals surface area contributed by atoms with E-state index < -0.39 is 0 Å². The Morgan fingerprint density at radius 3 is 2.67 bits per heavy atom. The maximum atomic E-state index is 13.1. The number of hydrogen-bond acceptors (Lipinski definition) is 7. The molecule has 3 aromatic rings. The van der Waals surface area contributed by atoms with Crippen LogP contribution in [-0.4, -0.2) is 68.4 Å². The Kier molecular flexibility index (Phi) is 8.09. The van der Waals surface area contributed by atoms with Crippen molar-refractivity contribution < 1.29 is 23.4 Å². The number of nitrogens with zero attached hydrogens (tertiary/aromatic N) is 3. The number of halogens is 1. The van der Waals surface area contributed by atoms with Crippen LogP contribution in [0.15, 0.2) is 42.5 Å². The summed E-state index contributed by atoms with van der Waals surface area (Å²) < 4.78 is 30.7. The standard InChI is InChI=1S/C24H28FN3O4S/c1-2-31-20-8-9-21-22(16-20)33-24(26-21)28(11-3-10-27-12-14-30-15-13-27)23(29)17-32-19-6-4-18(25)5-7-19/h4-9,16H,2-3,10-15,17H2,1H3. The van der Waals surface area contributed by atoms with Crippen molar-refractivity contribution in [3.05, 3.63) is 48.3 Å². The van der Waals surface area contributed by atoms with Gasteiger partial charge in [-0.1, -0.05) is 11.3 Å². The molecule has 0 spiro atoms. The van der Waals surface area contributed by atoms with E-state index in [0.717, 1.165) is 55.2 Å². The Morgan fingerprint density at radius 1 is 1.15 bits per heavy atom. The van der Waals surface area contributed by atoms with Crippen molar-refractivity contribution in [3.63, 3.8) is 0 Å². The minimum absolute atomic E-state index is 0.149. The molecule has 0 radical (unpaired) electrons. The van der Waals surface area contributed by atoms with E-state index in [2.05, 4.69) is 4.90 Å². The van der Waals surface area contributed by atoms with E-state index in [4.69, 9.17) is 19.2 Å². The van der Waals surface area contributed by atoms with Crippen molar-refractivity contribution in [3.8, 4) is 11.5 Å². The first-order valence-corrected chi connectivity index (χ1v) is 12.0. The van der Waals surface area contributed by atoms with E-state index in [1.54, 1.807) is 4.90 Å². The summed E-state index contributed by atoms with van der Waals surface area (Å²) in [4.78, 5) is 21.9. The van der Waals surface area contributed by atoms with E-state index in [9.17, 15) is 9.18 Å². The highest BCUT2D eigenvalue weighted by molar-refractivity contribution is 7.22. The first-order chi connectivity index (χ1) is 16.1. The van der Waals surface area contributed by atoms with Crippen molar-refractivity contribution in [2.75, 3.05) is 57.5 Å². The van der Waals surface area contributed by atoms with E-state index >= 15 is 0 Å². The van der Waals surface area contributed by atoms with Crippen LogP contribution in [0.1, 0.15) is 13.3 Å². The Bertz CT molecular complexity index is 1050. The monoisotopic (exact) mass is 473 g/mol. The van der Waals surface area contributed by atoms with Gasteiger partial charge in [0.1, 0.15) is 17.3 Å². The summed E-state index contributed by atoms with van der Waals surface area (Å²) in [5.74, 6) is 0.693. The normalized spacial score (nSPS) is 14.4. The van der Waals surface area contributed by atoms with Crippen molar-refractivity contribution in [2.24, 2.45) is 0 Å². The van der Waals surface area contributed by atoms with Crippen LogP contribution in [0, 0.1) is 5.82 Å². The molecular weight excluding hydrogens is 445 g/mol. The van der Waals surface area contributed by atoms with E-state index in [1.165, 1.54) is 35.6 Å². The Morgan fingerprint density at radius 2 is 1.91 bits per heavy atom. The van der Waals surface area contributed by atoms with Gasteiger partial charge in [-0.2, -0.15) is 0 Å². The number of ether oxygens (including phenoxy) is 3. The lowest BCUT2D eigenvalue weighted by Gasteiger charge is -2.27. The van der Waals surface area contributed by atoms with E-state index in [0.29, 0.717) is 24.0 Å². The highest BCUT2D eigenvalue weighted by Crippen LogP contribution is 2.32. The third-order valence-electron chi connectivity index (χ3n) is 5.33. The zero-order valence-corrected chi connectivity index (χ0v) is 19.5. The fourth-order valence-corrected chi connectivity index (χ4v) is 4.66. The number of hydrogen-bond donors (Lipinski definition) is 0. The molecule has 0 saturated carbocycles. The summed E-state index contributed by atoms with van der Waals surface area (Å²) in [6.07, 6.45) is 0.808. The lowest BCUT2D eigenvalue weighted by Crippen LogP contribution is -2.40. The predicted octanol–water partition coefficient (Wildman–Crippen LogP) is 3.97. The molecule has 1 saturated heterocycles. The largest absolute Gasteiger partial charge is 0.494 e. The van der Waals surface area contributed by atoms with Gasteiger partial charge in [0.15, 0.2) is 11.7 Å². The number of carbonyl (C=O) groups is 1. The third kappa shape index (κ3) is 6.40. The molecule has 33 heavy (non-hydrogen) atoms. The summed E-state index contributed by atoms with van der Waals surface area (Å²) in [6, 6.07) is 11.4. The number of anilines is 1. The molecule has 0 aliphatic carbocycles. The Hall–Kier alpha value is -2.75. The maximum Gasteiger partial charge on any atom is 0.266 e. The second kappa shape index (κ2) is 11.4. The van der Waals surface area contributed by atoms with Gasteiger partial charge in [0.25, 0.3) is 5.91 Å². The zero-order valence-electron chi connectivity index (χ0n) is 18.7. The molecule has 0 bridgehead atoms. The van der Waals surface area contributed by atoms with E-state index in [-0.39, 0.29) is 18.3 Å². The number of rotatable bonds is 10. The first kappa shape index (κ1) is 23.4. The molecule has 1 aliphatic heterocycles. The molecule has 9 heteroatoms. The summed E-state index contributed by atoms with van der Waals surface area (Å²) in [6.45, 7) is 7.09. The van der Waals surface area contributed by atoms with Crippen LogP contribution in [0.3, 0.4) is 0 Å². The number of thiazole rings is 1. The summed E-state index contributed by atoms with van der Waals surface area (Å²) in [5.41, 5.74) is 0.823. The SMILES string of the molecule is CCOc1ccc2nc(N(CCCN3CCOCC3)C(=O)COc3ccc(F)cc3)sc2c1. The second-order valence-electron chi connectivity index (χ2n) is 7.65. The number of aromatic nitrogens is 1. The average Bonchev–Trinajstić information content (AvgIpc) is 3.25. The minimum atomic E-state index is -0.348.